The molecule has 0 radical (unpaired) electrons. The number of benzene rings is 1. The van der Waals surface area contributed by atoms with Gasteiger partial charge in [0.2, 0.25) is 10.0 Å². The van der Waals surface area contributed by atoms with Crippen molar-refractivity contribution in [2.75, 3.05) is 0 Å². The Balaban J connectivity index is 2.22. The Morgan fingerprint density at radius 2 is 2.10 bits per heavy atom. The Kier molecular flexibility index (Phi) is 4.49. The zero-order valence-corrected chi connectivity index (χ0v) is 12.6. The monoisotopic (exact) mass is 351 g/mol. The van der Waals surface area contributed by atoms with Crippen LogP contribution in [0.2, 0.25) is 0 Å². The molecule has 0 aliphatic heterocycles. The van der Waals surface area contributed by atoms with Crippen LogP contribution < -0.4 is 4.72 Å². The molecule has 1 aromatic carbocycles. The smallest absolute Gasteiger partial charge is 0.243 e. The van der Waals surface area contributed by atoms with Crippen LogP contribution in [-0.4, -0.2) is 13.4 Å². The fourth-order valence-electron chi connectivity index (χ4n) is 1.59. The molecule has 0 aliphatic carbocycles. The third-order valence-corrected chi connectivity index (χ3v) is 4.45. The van der Waals surface area contributed by atoms with E-state index in [-0.39, 0.29) is 17.1 Å². The van der Waals surface area contributed by atoms with Crippen molar-refractivity contribution in [2.24, 2.45) is 0 Å². The average molecular weight is 352 g/mol. The third kappa shape index (κ3) is 3.42. The number of rotatable bonds is 4. The lowest BCUT2D eigenvalue weighted by Crippen LogP contribution is -2.24. The summed E-state index contributed by atoms with van der Waals surface area (Å²) in [6.45, 7) is 0.140. The largest absolute Gasteiger partial charge is 0.244 e. The second kappa shape index (κ2) is 6.13. The highest BCUT2D eigenvalue weighted by molar-refractivity contribution is 9.10. The molecule has 0 aliphatic rings. The quantitative estimate of drug-likeness (QED) is 0.914. The Morgan fingerprint density at radius 1 is 1.30 bits per heavy atom. The van der Waals surface area contributed by atoms with Crippen LogP contribution in [0.4, 0.5) is 0 Å². The molecule has 0 saturated heterocycles. The Bertz CT molecular complexity index is 769. The minimum atomic E-state index is -3.76. The molecular weight excluding hydrogens is 342 g/mol. The predicted molar refractivity (Wildman–Crippen MR) is 77.1 cm³/mol. The Hall–Kier alpha value is -1.75. The maximum Gasteiger partial charge on any atom is 0.243 e. The number of hydrogen-bond donors (Lipinski definition) is 1. The van der Waals surface area contributed by atoms with Gasteiger partial charge in [0.1, 0.15) is 11.0 Å². The van der Waals surface area contributed by atoms with Crippen LogP contribution in [0.15, 0.2) is 52.0 Å². The fourth-order valence-corrected chi connectivity index (χ4v) is 3.16. The number of aromatic nitrogens is 1. The molecule has 2 aromatic rings. The number of nitrogens with zero attached hydrogens (tertiary/aromatic N) is 2. The van der Waals surface area contributed by atoms with E-state index in [9.17, 15) is 8.42 Å². The van der Waals surface area contributed by atoms with Gasteiger partial charge in [-0.25, -0.2) is 18.1 Å². The maximum absolute atomic E-state index is 12.2. The first-order valence-corrected chi connectivity index (χ1v) is 7.90. The molecule has 0 atom stereocenters. The van der Waals surface area contributed by atoms with E-state index < -0.39 is 10.0 Å². The van der Waals surface area contributed by atoms with Gasteiger partial charge < -0.3 is 0 Å². The molecule has 0 unspecified atom stereocenters. The molecule has 102 valence electrons. The van der Waals surface area contributed by atoms with E-state index in [0.717, 1.165) is 10.0 Å². The fraction of sp³-hybridized carbons (Fsp3) is 0.0769. The van der Waals surface area contributed by atoms with Gasteiger partial charge in [0.15, 0.2) is 5.69 Å². The molecule has 1 heterocycles. The van der Waals surface area contributed by atoms with Gasteiger partial charge in [-0.2, -0.15) is 5.26 Å². The number of nitriles is 1. The number of pyridine rings is 1. The average Bonchev–Trinajstić information content (AvgIpc) is 2.45. The standard InChI is InChI=1S/C13H10BrN3O2S/c14-11-4-1-3-10(7-11)9-17-20(18,19)13-5-2-6-16-12(13)8-15/h1-7,17H,9H2. The molecule has 2 rings (SSSR count). The van der Waals surface area contributed by atoms with Gasteiger partial charge in [-0.15, -0.1) is 0 Å². The van der Waals surface area contributed by atoms with Crippen LogP contribution in [0.1, 0.15) is 11.3 Å². The second-order valence-corrected chi connectivity index (χ2v) is 6.57. The number of hydrogen-bond acceptors (Lipinski definition) is 4. The highest BCUT2D eigenvalue weighted by Gasteiger charge is 2.18. The third-order valence-electron chi connectivity index (χ3n) is 2.52. The van der Waals surface area contributed by atoms with Crippen molar-refractivity contribution in [1.82, 2.24) is 9.71 Å². The summed E-state index contributed by atoms with van der Waals surface area (Å²) in [6.07, 6.45) is 1.38. The summed E-state index contributed by atoms with van der Waals surface area (Å²) in [5.41, 5.74) is 0.694. The lowest BCUT2D eigenvalue weighted by atomic mass is 10.2. The number of sulfonamides is 1. The van der Waals surface area contributed by atoms with Gasteiger partial charge in [0, 0.05) is 17.2 Å². The van der Waals surface area contributed by atoms with Crippen LogP contribution in [0, 0.1) is 11.3 Å². The molecular formula is C13H10BrN3O2S. The van der Waals surface area contributed by atoms with Crippen LogP contribution in [0.5, 0.6) is 0 Å². The topological polar surface area (TPSA) is 82.8 Å². The van der Waals surface area contributed by atoms with Gasteiger partial charge in [0.05, 0.1) is 0 Å². The van der Waals surface area contributed by atoms with Crippen LogP contribution in [0.25, 0.3) is 0 Å². The summed E-state index contributed by atoms with van der Waals surface area (Å²) in [5.74, 6) is 0. The Morgan fingerprint density at radius 3 is 2.80 bits per heavy atom. The zero-order chi connectivity index (χ0) is 14.6. The summed E-state index contributed by atoms with van der Waals surface area (Å²) in [4.78, 5) is 3.63. The minimum Gasteiger partial charge on any atom is -0.244 e. The van der Waals surface area contributed by atoms with E-state index in [1.165, 1.54) is 18.3 Å². The van der Waals surface area contributed by atoms with E-state index in [2.05, 4.69) is 25.6 Å². The summed E-state index contributed by atoms with van der Waals surface area (Å²) in [7, 11) is -3.76. The first kappa shape index (κ1) is 14.7. The van der Waals surface area contributed by atoms with Gasteiger partial charge in [0.25, 0.3) is 0 Å². The molecule has 0 fully saturated rings. The highest BCUT2D eigenvalue weighted by atomic mass is 79.9. The lowest BCUT2D eigenvalue weighted by Gasteiger charge is -2.07. The summed E-state index contributed by atoms with van der Waals surface area (Å²) in [5, 5.41) is 8.89. The normalized spacial score (nSPS) is 11.0. The van der Waals surface area contributed by atoms with Crippen LogP contribution in [-0.2, 0) is 16.6 Å². The first-order chi connectivity index (χ1) is 9.53. The van der Waals surface area contributed by atoms with Crippen molar-refractivity contribution in [3.05, 3.63) is 58.3 Å². The first-order valence-electron chi connectivity index (χ1n) is 5.62. The summed E-state index contributed by atoms with van der Waals surface area (Å²) in [6, 6.07) is 11.9. The predicted octanol–water partition coefficient (Wildman–Crippen LogP) is 2.19. The lowest BCUT2D eigenvalue weighted by molar-refractivity contribution is 0.580. The van der Waals surface area contributed by atoms with Crippen molar-refractivity contribution >= 4 is 26.0 Å². The minimum absolute atomic E-state index is 0.113. The van der Waals surface area contributed by atoms with Gasteiger partial charge >= 0.3 is 0 Å². The molecule has 20 heavy (non-hydrogen) atoms. The van der Waals surface area contributed by atoms with E-state index >= 15 is 0 Å². The van der Waals surface area contributed by atoms with Crippen molar-refractivity contribution in [1.29, 1.82) is 5.26 Å². The van der Waals surface area contributed by atoms with Crippen molar-refractivity contribution in [3.63, 3.8) is 0 Å². The molecule has 0 amide bonds. The molecule has 1 N–H and O–H groups in total. The molecule has 1 aromatic heterocycles. The molecule has 5 nitrogen and oxygen atoms in total. The summed E-state index contributed by atoms with van der Waals surface area (Å²) >= 11 is 3.32. The molecule has 0 saturated carbocycles. The van der Waals surface area contributed by atoms with E-state index in [4.69, 9.17) is 5.26 Å². The van der Waals surface area contributed by atoms with Gasteiger partial charge in [-0.3, -0.25) is 0 Å². The number of nitrogens with one attached hydrogen (secondary N) is 1. The second-order valence-electron chi connectivity index (χ2n) is 3.92. The van der Waals surface area contributed by atoms with Crippen molar-refractivity contribution in [3.8, 4) is 6.07 Å². The molecule has 0 spiro atoms. The highest BCUT2D eigenvalue weighted by Crippen LogP contribution is 2.14. The SMILES string of the molecule is N#Cc1ncccc1S(=O)(=O)NCc1cccc(Br)c1. The Labute approximate surface area is 125 Å². The van der Waals surface area contributed by atoms with E-state index in [1.54, 1.807) is 6.07 Å². The van der Waals surface area contributed by atoms with Crippen LogP contribution >= 0.6 is 15.9 Å². The van der Waals surface area contributed by atoms with E-state index in [0.29, 0.717) is 0 Å². The molecule has 7 heteroatoms. The number of halogens is 1. The van der Waals surface area contributed by atoms with Gasteiger partial charge in [-0.05, 0) is 29.8 Å². The van der Waals surface area contributed by atoms with Gasteiger partial charge in [-0.1, -0.05) is 28.1 Å². The molecule has 0 bridgehead atoms. The summed E-state index contributed by atoms with van der Waals surface area (Å²) < 4.78 is 27.6. The van der Waals surface area contributed by atoms with Crippen molar-refractivity contribution < 1.29 is 8.42 Å². The van der Waals surface area contributed by atoms with Crippen LogP contribution in [0.3, 0.4) is 0 Å². The zero-order valence-electron chi connectivity index (χ0n) is 10.2. The maximum atomic E-state index is 12.2. The van der Waals surface area contributed by atoms with E-state index in [1.807, 2.05) is 24.3 Å². The van der Waals surface area contributed by atoms with Crippen molar-refractivity contribution in [2.45, 2.75) is 11.4 Å².